The Morgan fingerprint density at radius 3 is 2.58 bits per heavy atom. The first-order chi connectivity index (χ1) is 9.13. The smallest absolute Gasteiger partial charge is 0.129 e. The first-order valence-electron chi connectivity index (χ1n) is 7.37. The molecule has 1 saturated carbocycles. The summed E-state index contributed by atoms with van der Waals surface area (Å²) in [6.45, 7) is 5.66. The molecule has 0 atom stereocenters. The number of halogens is 1. The molecule has 0 bridgehead atoms. The molecule has 0 heterocycles. The Labute approximate surface area is 115 Å². The van der Waals surface area contributed by atoms with E-state index in [4.69, 9.17) is 5.73 Å². The normalized spacial score (nSPS) is 16.3. The first-order valence-corrected chi connectivity index (χ1v) is 7.37. The van der Waals surface area contributed by atoms with Crippen LogP contribution in [0.25, 0.3) is 0 Å². The van der Waals surface area contributed by atoms with Crippen LogP contribution >= 0.6 is 0 Å². The van der Waals surface area contributed by atoms with Gasteiger partial charge in [0.05, 0.1) is 0 Å². The Kier molecular flexibility index (Phi) is 4.81. The summed E-state index contributed by atoms with van der Waals surface area (Å²) >= 11 is 0. The highest BCUT2D eigenvalue weighted by Gasteiger charge is 2.25. The highest BCUT2D eigenvalue weighted by atomic mass is 19.1. The van der Waals surface area contributed by atoms with Gasteiger partial charge in [0.1, 0.15) is 5.82 Å². The molecule has 1 aliphatic rings. The third kappa shape index (κ3) is 3.27. The van der Waals surface area contributed by atoms with Gasteiger partial charge in [-0.1, -0.05) is 32.8 Å². The van der Waals surface area contributed by atoms with Crippen LogP contribution in [0.15, 0.2) is 18.2 Å². The van der Waals surface area contributed by atoms with Gasteiger partial charge in [-0.05, 0) is 30.9 Å². The lowest BCUT2D eigenvalue weighted by atomic mass is 10.1. The van der Waals surface area contributed by atoms with Gasteiger partial charge in [0.25, 0.3) is 0 Å². The Morgan fingerprint density at radius 1 is 1.32 bits per heavy atom. The zero-order valence-electron chi connectivity index (χ0n) is 12.0. The van der Waals surface area contributed by atoms with Crippen molar-refractivity contribution in [3.8, 4) is 0 Å². The summed E-state index contributed by atoms with van der Waals surface area (Å²) in [6, 6.07) is 5.88. The molecule has 1 aromatic carbocycles. The fourth-order valence-electron chi connectivity index (χ4n) is 3.07. The zero-order valence-corrected chi connectivity index (χ0v) is 12.0. The molecule has 2 rings (SSSR count). The highest BCUT2D eigenvalue weighted by molar-refractivity contribution is 5.55. The van der Waals surface area contributed by atoms with Crippen molar-refractivity contribution in [3.05, 3.63) is 29.6 Å². The SMILES string of the molecule is CC(C)CN(c1cccc(F)c1CN)C1CCCC1. The summed E-state index contributed by atoms with van der Waals surface area (Å²) < 4.78 is 13.9. The van der Waals surface area contributed by atoms with Crippen molar-refractivity contribution in [2.75, 3.05) is 11.4 Å². The van der Waals surface area contributed by atoms with Crippen LogP contribution in [0.1, 0.15) is 45.1 Å². The number of nitrogens with zero attached hydrogens (tertiary/aromatic N) is 1. The Hall–Kier alpha value is -1.09. The minimum Gasteiger partial charge on any atom is -0.368 e. The van der Waals surface area contributed by atoms with Crippen LogP contribution in [0.2, 0.25) is 0 Å². The van der Waals surface area contributed by atoms with Crippen LogP contribution in [-0.4, -0.2) is 12.6 Å². The Morgan fingerprint density at radius 2 is 2.00 bits per heavy atom. The van der Waals surface area contributed by atoms with Gasteiger partial charge in [-0.25, -0.2) is 4.39 Å². The lowest BCUT2D eigenvalue weighted by Gasteiger charge is -2.34. The molecular weight excluding hydrogens is 239 g/mol. The van der Waals surface area contributed by atoms with E-state index < -0.39 is 0 Å². The lowest BCUT2D eigenvalue weighted by molar-refractivity contribution is 0.530. The molecule has 2 N–H and O–H groups in total. The van der Waals surface area contributed by atoms with E-state index in [-0.39, 0.29) is 12.4 Å². The average molecular weight is 264 g/mol. The number of hydrogen-bond donors (Lipinski definition) is 1. The molecular formula is C16H25FN2. The minimum atomic E-state index is -0.174. The molecule has 1 fully saturated rings. The van der Waals surface area contributed by atoms with Gasteiger partial charge in [-0.3, -0.25) is 0 Å². The second-order valence-corrected chi connectivity index (χ2v) is 5.93. The van der Waals surface area contributed by atoms with Crippen molar-refractivity contribution in [1.82, 2.24) is 0 Å². The second kappa shape index (κ2) is 6.38. The van der Waals surface area contributed by atoms with E-state index in [2.05, 4.69) is 18.7 Å². The van der Waals surface area contributed by atoms with E-state index in [1.807, 2.05) is 6.07 Å². The molecule has 0 spiro atoms. The van der Waals surface area contributed by atoms with Crippen molar-refractivity contribution in [2.24, 2.45) is 11.7 Å². The summed E-state index contributed by atoms with van der Waals surface area (Å²) in [6.07, 6.45) is 5.00. The van der Waals surface area contributed by atoms with Crippen molar-refractivity contribution in [3.63, 3.8) is 0 Å². The van der Waals surface area contributed by atoms with E-state index in [1.165, 1.54) is 31.7 Å². The molecule has 0 aliphatic heterocycles. The third-order valence-electron chi connectivity index (χ3n) is 3.93. The summed E-state index contributed by atoms with van der Waals surface area (Å²) in [4.78, 5) is 2.39. The van der Waals surface area contributed by atoms with Crippen molar-refractivity contribution in [2.45, 2.75) is 52.1 Å². The molecule has 0 radical (unpaired) electrons. The van der Waals surface area contributed by atoms with Crippen molar-refractivity contribution >= 4 is 5.69 Å². The van der Waals surface area contributed by atoms with Gasteiger partial charge in [0.2, 0.25) is 0 Å². The topological polar surface area (TPSA) is 29.3 Å². The Bertz CT molecular complexity index is 411. The lowest BCUT2D eigenvalue weighted by Crippen LogP contribution is -2.37. The van der Waals surface area contributed by atoms with Crippen LogP contribution in [0, 0.1) is 11.7 Å². The summed E-state index contributed by atoms with van der Waals surface area (Å²) in [5.74, 6) is 0.390. The van der Waals surface area contributed by atoms with Crippen molar-refractivity contribution in [1.29, 1.82) is 0 Å². The minimum absolute atomic E-state index is 0.174. The highest BCUT2D eigenvalue weighted by Crippen LogP contribution is 2.32. The molecule has 1 aliphatic carbocycles. The second-order valence-electron chi connectivity index (χ2n) is 5.93. The molecule has 106 valence electrons. The largest absolute Gasteiger partial charge is 0.368 e. The molecule has 2 nitrogen and oxygen atoms in total. The fraction of sp³-hybridized carbons (Fsp3) is 0.625. The Balaban J connectivity index is 2.33. The third-order valence-corrected chi connectivity index (χ3v) is 3.93. The van der Waals surface area contributed by atoms with E-state index in [0.29, 0.717) is 17.5 Å². The average Bonchev–Trinajstić information content (AvgIpc) is 2.89. The predicted octanol–water partition coefficient (Wildman–Crippen LogP) is 3.69. The van der Waals surface area contributed by atoms with Crippen LogP contribution in [-0.2, 0) is 6.54 Å². The van der Waals surface area contributed by atoms with Crippen molar-refractivity contribution < 1.29 is 4.39 Å². The van der Waals surface area contributed by atoms with Gasteiger partial charge in [-0.2, -0.15) is 0 Å². The standard InChI is InChI=1S/C16H25FN2/c1-12(2)11-19(13-6-3-4-7-13)16-9-5-8-15(17)14(16)10-18/h5,8-9,12-13H,3-4,6-7,10-11,18H2,1-2H3. The van der Waals surface area contributed by atoms with Gasteiger partial charge in [0.15, 0.2) is 0 Å². The molecule has 19 heavy (non-hydrogen) atoms. The van der Waals surface area contributed by atoms with Gasteiger partial charge < -0.3 is 10.6 Å². The maximum Gasteiger partial charge on any atom is 0.129 e. The number of benzene rings is 1. The van der Waals surface area contributed by atoms with Gasteiger partial charge >= 0.3 is 0 Å². The van der Waals surface area contributed by atoms with E-state index in [9.17, 15) is 4.39 Å². The van der Waals surface area contributed by atoms with Gasteiger partial charge in [0, 0.05) is 30.4 Å². The van der Waals surface area contributed by atoms with Crippen LogP contribution in [0.5, 0.6) is 0 Å². The summed E-state index contributed by atoms with van der Waals surface area (Å²) in [7, 11) is 0. The molecule has 0 saturated heterocycles. The van der Waals surface area contributed by atoms with E-state index in [0.717, 1.165) is 12.2 Å². The maximum absolute atomic E-state index is 13.9. The predicted molar refractivity (Wildman–Crippen MR) is 78.7 cm³/mol. The van der Waals surface area contributed by atoms with Crippen LogP contribution < -0.4 is 10.6 Å². The van der Waals surface area contributed by atoms with Crippen LogP contribution in [0.3, 0.4) is 0 Å². The maximum atomic E-state index is 13.9. The molecule has 0 amide bonds. The van der Waals surface area contributed by atoms with E-state index >= 15 is 0 Å². The van der Waals surface area contributed by atoms with Crippen LogP contribution in [0.4, 0.5) is 10.1 Å². The summed E-state index contributed by atoms with van der Waals surface area (Å²) in [5.41, 5.74) is 7.42. The fourth-order valence-corrected chi connectivity index (χ4v) is 3.07. The number of hydrogen-bond acceptors (Lipinski definition) is 2. The van der Waals surface area contributed by atoms with E-state index in [1.54, 1.807) is 6.07 Å². The quantitative estimate of drug-likeness (QED) is 0.879. The summed E-state index contributed by atoms with van der Waals surface area (Å²) in [5, 5.41) is 0. The number of anilines is 1. The molecule has 0 unspecified atom stereocenters. The zero-order chi connectivity index (χ0) is 13.8. The number of rotatable bonds is 5. The van der Waals surface area contributed by atoms with Gasteiger partial charge in [-0.15, -0.1) is 0 Å². The molecule has 3 heteroatoms. The molecule has 1 aromatic rings. The monoisotopic (exact) mass is 264 g/mol. The molecule has 0 aromatic heterocycles. The first kappa shape index (κ1) is 14.3. The number of nitrogens with two attached hydrogens (primary N) is 1.